The normalized spacial score (nSPS) is 10.6. The predicted octanol–water partition coefficient (Wildman–Crippen LogP) is 3.74. The fourth-order valence-electron chi connectivity index (χ4n) is 1.47. The zero-order chi connectivity index (χ0) is 15.1. The first kappa shape index (κ1) is 15.7. The topological polar surface area (TPSA) is 50.7 Å². The first-order valence-corrected chi connectivity index (χ1v) is 7.68. The van der Waals surface area contributed by atoms with Crippen LogP contribution in [0.3, 0.4) is 0 Å². The molecule has 0 aliphatic rings. The second-order valence-electron chi connectivity index (χ2n) is 4.06. The number of carbonyl (C=O) groups is 1. The fraction of sp³-hybridized carbons (Fsp3) is 0.0667. The lowest BCUT2D eigenvalue weighted by molar-refractivity contribution is -0.123. The number of hydrogen-bond acceptors (Lipinski definition) is 3. The minimum Gasteiger partial charge on any atom is -0.483 e. The molecular weight excluding hydrogens is 400 g/mol. The Bertz CT molecular complexity index is 642. The summed E-state index contributed by atoms with van der Waals surface area (Å²) in [6, 6.07) is 14.9. The summed E-state index contributed by atoms with van der Waals surface area (Å²) in [5, 5.41) is 3.87. The van der Waals surface area contributed by atoms with E-state index in [1.165, 1.54) is 0 Å². The zero-order valence-electron chi connectivity index (χ0n) is 10.9. The molecule has 1 N–H and O–H groups in total. The van der Waals surface area contributed by atoms with Crippen LogP contribution in [0.1, 0.15) is 5.56 Å². The lowest BCUT2D eigenvalue weighted by Crippen LogP contribution is -2.24. The Morgan fingerprint density at radius 2 is 1.86 bits per heavy atom. The van der Waals surface area contributed by atoms with Gasteiger partial charge in [-0.05, 0) is 45.8 Å². The van der Waals surface area contributed by atoms with Crippen LogP contribution < -0.4 is 10.2 Å². The molecule has 4 nitrogen and oxygen atoms in total. The van der Waals surface area contributed by atoms with E-state index in [1.54, 1.807) is 12.3 Å². The second kappa shape index (κ2) is 7.95. The van der Waals surface area contributed by atoms with Gasteiger partial charge in [0.25, 0.3) is 5.91 Å². The van der Waals surface area contributed by atoms with Crippen molar-refractivity contribution in [3.63, 3.8) is 0 Å². The van der Waals surface area contributed by atoms with E-state index in [9.17, 15) is 4.79 Å². The van der Waals surface area contributed by atoms with E-state index >= 15 is 0 Å². The molecule has 1 amide bonds. The maximum Gasteiger partial charge on any atom is 0.277 e. The first-order chi connectivity index (χ1) is 10.1. The first-order valence-electron chi connectivity index (χ1n) is 6.10. The lowest BCUT2D eigenvalue weighted by atomic mass is 10.2. The van der Waals surface area contributed by atoms with Gasteiger partial charge in [0.1, 0.15) is 5.75 Å². The van der Waals surface area contributed by atoms with E-state index in [0.717, 1.165) is 14.5 Å². The number of nitrogens with zero attached hydrogens (tertiary/aromatic N) is 1. The number of hydrogen-bond donors (Lipinski definition) is 1. The van der Waals surface area contributed by atoms with Crippen LogP contribution >= 0.6 is 31.9 Å². The van der Waals surface area contributed by atoms with Crippen molar-refractivity contribution in [2.45, 2.75) is 0 Å². The molecule has 0 heterocycles. The Kier molecular flexibility index (Phi) is 5.95. The van der Waals surface area contributed by atoms with Gasteiger partial charge in [-0.15, -0.1) is 0 Å². The van der Waals surface area contributed by atoms with Crippen molar-refractivity contribution in [1.29, 1.82) is 0 Å². The molecule has 0 saturated carbocycles. The van der Waals surface area contributed by atoms with E-state index in [1.807, 2.05) is 42.5 Å². The highest BCUT2D eigenvalue weighted by molar-refractivity contribution is 9.10. The third-order valence-electron chi connectivity index (χ3n) is 2.47. The molecule has 0 aromatic heterocycles. The molecule has 0 fully saturated rings. The van der Waals surface area contributed by atoms with Gasteiger partial charge in [0, 0.05) is 4.47 Å². The van der Waals surface area contributed by atoms with Crippen LogP contribution in [0.4, 0.5) is 0 Å². The van der Waals surface area contributed by atoms with Gasteiger partial charge < -0.3 is 4.74 Å². The number of rotatable bonds is 5. The summed E-state index contributed by atoms with van der Waals surface area (Å²) in [6.45, 7) is -0.0969. The number of carbonyl (C=O) groups excluding carboxylic acids is 1. The highest BCUT2D eigenvalue weighted by Gasteiger charge is 2.03. The van der Waals surface area contributed by atoms with Crippen molar-refractivity contribution >= 4 is 44.0 Å². The van der Waals surface area contributed by atoms with Crippen molar-refractivity contribution in [3.8, 4) is 5.75 Å². The van der Waals surface area contributed by atoms with E-state index in [0.29, 0.717) is 5.75 Å². The molecule has 0 aliphatic heterocycles. The fourth-order valence-corrected chi connectivity index (χ4v) is 2.13. The molecule has 0 aliphatic carbocycles. The summed E-state index contributed by atoms with van der Waals surface area (Å²) in [7, 11) is 0. The van der Waals surface area contributed by atoms with Gasteiger partial charge in [-0.1, -0.05) is 40.2 Å². The lowest BCUT2D eigenvalue weighted by Gasteiger charge is -2.06. The third kappa shape index (κ3) is 5.32. The molecule has 0 atom stereocenters. The molecule has 0 unspecified atom stereocenters. The van der Waals surface area contributed by atoms with Crippen LogP contribution in [0.5, 0.6) is 5.75 Å². The number of para-hydroxylation sites is 1. The Morgan fingerprint density at radius 1 is 1.14 bits per heavy atom. The smallest absolute Gasteiger partial charge is 0.277 e. The quantitative estimate of drug-likeness (QED) is 0.601. The molecular formula is C15H12Br2N2O2. The van der Waals surface area contributed by atoms with E-state index in [-0.39, 0.29) is 12.5 Å². The van der Waals surface area contributed by atoms with Gasteiger partial charge in [0.05, 0.1) is 10.7 Å². The number of hydrazone groups is 1. The van der Waals surface area contributed by atoms with Gasteiger partial charge in [0.15, 0.2) is 6.61 Å². The molecule has 0 saturated heterocycles. The molecule has 21 heavy (non-hydrogen) atoms. The molecule has 2 aromatic carbocycles. The summed E-state index contributed by atoms with van der Waals surface area (Å²) in [5.41, 5.74) is 3.31. The van der Waals surface area contributed by atoms with Crippen molar-refractivity contribution in [2.75, 3.05) is 6.61 Å². The van der Waals surface area contributed by atoms with Crippen LogP contribution in [0, 0.1) is 0 Å². The summed E-state index contributed by atoms with van der Waals surface area (Å²) in [6.07, 6.45) is 1.57. The maximum absolute atomic E-state index is 11.6. The number of ether oxygens (including phenoxy) is 1. The average Bonchev–Trinajstić information content (AvgIpc) is 2.48. The van der Waals surface area contributed by atoms with Crippen molar-refractivity contribution in [2.24, 2.45) is 5.10 Å². The van der Waals surface area contributed by atoms with Gasteiger partial charge >= 0.3 is 0 Å². The highest BCUT2D eigenvalue weighted by atomic mass is 79.9. The Balaban J connectivity index is 1.80. The van der Waals surface area contributed by atoms with Crippen LogP contribution in [0.2, 0.25) is 0 Å². The summed E-state index contributed by atoms with van der Waals surface area (Å²) in [5.74, 6) is 0.295. The SMILES string of the molecule is O=C(COc1ccccc1Br)N/N=C/c1ccc(Br)cc1. The van der Waals surface area contributed by atoms with Gasteiger partial charge in [0.2, 0.25) is 0 Å². The predicted molar refractivity (Wildman–Crippen MR) is 89.5 cm³/mol. The Labute approximate surface area is 139 Å². The number of nitrogens with one attached hydrogen (secondary N) is 1. The summed E-state index contributed by atoms with van der Waals surface area (Å²) in [4.78, 5) is 11.6. The van der Waals surface area contributed by atoms with Crippen LogP contribution in [0.25, 0.3) is 0 Å². The Morgan fingerprint density at radius 3 is 2.57 bits per heavy atom. The number of halogens is 2. The minimum atomic E-state index is -0.320. The van der Waals surface area contributed by atoms with Gasteiger partial charge in [-0.25, -0.2) is 5.43 Å². The molecule has 6 heteroatoms. The van der Waals surface area contributed by atoms with E-state index < -0.39 is 0 Å². The summed E-state index contributed by atoms with van der Waals surface area (Å²) >= 11 is 6.70. The van der Waals surface area contributed by atoms with Gasteiger partial charge in [-0.2, -0.15) is 5.10 Å². The van der Waals surface area contributed by atoms with Crippen molar-refractivity contribution in [1.82, 2.24) is 5.43 Å². The largest absolute Gasteiger partial charge is 0.483 e. The molecule has 0 radical (unpaired) electrons. The van der Waals surface area contributed by atoms with Crippen molar-refractivity contribution in [3.05, 3.63) is 63.0 Å². The second-order valence-corrected chi connectivity index (χ2v) is 5.83. The standard InChI is InChI=1S/C15H12Br2N2O2/c16-12-7-5-11(6-8-12)9-18-19-15(20)10-21-14-4-2-1-3-13(14)17/h1-9H,10H2,(H,19,20)/b18-9+. The maximum atomic E-state index is 11.6. The number of amides is 1. The van der Waals surface area contributed by atoms with E-state index in [2.05, 4.69) is 42.4 Å². The average molecular weight is 412 g/mol. The molecule has 0 spiro atoms. The van der Waals surface area contributed by atoms with Crippen LogP contribution in [0.15, 0.2) is 62.6 Å². The van der Waals surface area contributed by atoms with Crippen molar-refractivity contribution < 1.29 is 9.53 Å². The Hall–Kier alpha value is -1.66. The molecule has 0 bridgehead atoms. The highest BCUT2D eigenvalue weighted by Crippen LogP contribution is 2.23. The van der Waals surface area contributed by atoms with E-state index in [4.69, 9.17) is 4.74 Å². The molecule has 2 rings (SSSR count). The minimum absolute atomic E-state index is 0.0969. The zero-order valence-corrected chi connectivity index (χ0v) is 14.1. The summed E-state index contributed by atoms with van der Waals surface area (Å²) < 4.78 is 7.17. The number of benzene rings is 2. The van der Waals surface area contributed by atoms with Gasteiger partial charge in [-0.3, -0.25) is 4.79 Å². The van der Waals surface area contributed by atoms with Crippen LogP contribution in [-0.4, -0.2) is 18.7 Å². The molecule has 108 valence electrons. The van der Waals surface area contributed by atoms with Crippen LogP contribution in [-0.2, 0) is 4.79 Å². The monoisotopic (exact) mass is 410 g/mol. The molecule has 2 aromatic rings. The third-order valence-corrected chi connectivity index (χ3v) is 3.65.